The quantitative estimate of drug-likeness (QED) is 0.693. The van der Waals surface area contributed by atoms with E-state index in [1.54, 1.807) is 25.7 Å². The summed E-state index contributed by atoms with van der Waals surface area (Å²) in [7, 11) is 1.24. The zero-order valence-electron chi connectivity index (χ0n) is 17.9. The molecular weight excluding hydrogens is 398 g/mol. The van der Waals surface area contributed by atoms with Crippen molar-refractivity contribution in [1.82, 2.24) is 10.2 Å². The third-order valence-electron chi connectivity index (χ3n) is 4.68. The van der Waals surface area contributed by atoms with Crippen LogP contribution in [0.25, 0.3) is 0 Å². The lowest BCUT2D eigenvalue weighted by atomic mass is 9.88. The average Bonchev–Trinajstić information content (AvgIpc) is 2.69. The molecule has 0 saturated carbocycles. The van der Waals surface area contributed by atoms with Crippen molar-refractivity contribution in [2.24, 2.45) is 5.92 Å². The Morgan fingerprint density at radius 1 is 1.30 bits per heavy atom. The first-order valence-electron chi connectivity index (χ1n) is 9.97. The zero-order chi connectivity index (χ0) is 22.3. The Morgan fingerprint density at radius 2 is 2.03 bits per heavy atom. The highest BCUT2D eigenvalue weighted by atomic mass is 19.2. The van der Waals surface area contributed by atoms with Crippen molar-refractivity contribution >= 4 is 12.2 Å². The van der Waals surface area contributed by atoms with Crippen molar-refractivity contribution in [3.05, 3.63) is 35.4 Å². The number of carbonyl (C=O) groups is 2. The van der Waals surface area contributed by atoms with Gasteiger partial charge < -0.3 is 24.4 Å². The van der Waals surface area contributed by atoms with E-state index in [-0.39, 0.29) is 24.6 Å². The number of alkyl carbamates (subject to hydrolysis) is 1. The van der Waals surface area contributed by atoms with Gasteiger partial charge in [0.15, 0.2) is 11.6 Å². The molecule has 1 aromatic carbocycles. The van der Waals surface area contributed by atoms with Crippen molar-refractivity contribution in [2.75, 3.05) is 33.4 Å². The fraction of sp³-hybridized carbons (Fsp3) is 0.619. The molecule has 1 N–H and O–H groups in total. The molecule has 7 nitrogen and oxygen atoms in total. The van der Waals surface area contributed by atoms with Crippen LogP contribution >= 0.6 is 0 Å². The molecule has 2 unspecified atom stereocenters. The van der Waals surface area contributed by atoms with Gasteiger partial charge in [0.25, 0.3) is 0 Å². The van der Waals surface area contributed by atoms with Crippen molar-refractivity contribution in [2.45, 2.75) is 45.3 Å². The topological polar surface area (TPSA) is 77.1 Å². The number of nitrogens with zero attached hydrogens (tertiary/aromatic N) is 1. The number of hydrogen-bond acceptors (Lipinski definition) is 5. The average molecular weight is 428 g/mol. The largest absolute Gasteiger partial charge is 0.453 e. The Kier molecular flexibility index (Phi) is 8.40. The molecule has 1 aromatic rings. The Morgan fingerprint density at radius 3 is 2.70 bits per heavy atom. The Balaban J connectivity index is 2.15. The molecule has 0 spiro atoms. The highest BCUT2D eigenvalue weighted by Crippen LogP contribution is 2.35. The standard InChI is InChI=1S/C21H30F2N2O5/c1-21(2,3)30-20(27)25-11-6-7-14(13-25)18(29-12-10-24-19(26)28-4)15-8-5-9-16(22)17(15)23/h5,8-9,14,18H,6-7,10-13H2,1-4H3,(H,24,26). The van der Waals surface area contributed by atoms with E-state index in [2.05, 4.69) is 10.1 Å². The number of carbonyl (C=O) groups excluding carboxylic acids is 2. The van der Waals surface area contributed by atoms with Crippen LogP contribution in [0.3, 0.4) is 0 Å². The van der Waals surface area contributed by atoms with Gasteiger partial charge in [-0.3, -0.25) is 0 Å². The predicted octanol–water partition coefficient (Wildman–Crippen LogP) is 4.03. The third kappa shape index (κ3) is 6.83. The number of amides is 2. The summed E-state index contributed by atoms with van der Waals surface area (Å²) < 4.78 is 44.2. The Labute approximate surface area is 175 Å². The summed E-state index contributed by atoms with van der Waals surface area (Å²) in [5.74, 6) is -2.20. The second-order valence-electron chi connectivity index (χ2n) is 8.18. The Hall–Kier alpha value is -2.42. The molecule has 9 heteroatoms. The number of piperidine rings is 1. The molecular formula is C21H30F2N2O5. The van der Waals surface area contributed by atoms with Crippen LogP contribution in [0.2, 0.25) is 0 Å². The maximum Gasteiger partial charge on any atom is 0.410 e. The summed E-state index contributed by atoms with van der Waals surface area (Å²) in [4.78, 5) is 25.2. The fourth-order valence-corrected chi connectivity index (χ4v) is 3.38. The summed E-state index contributed by atoms with van der Waals surface area (Å²) in [6.45, 7) is 6.38. The van der Waals surface area contributed by atoms with E-state index in [0.29, 0.717) is 25.9 Å². The molecule has 2 amide bonds. The maximum absolute atomic E-state index is 14.5. The molecule has 1 aliphatic rings. The molecule has 0 aliphatic carbocycles. The van der Waals surface area contributed by atoms with Gasteiger partial charge in [0.2, 0.25) is 0 Å². The number of hydrogen-bond donors (Lipinski definition) is 1. The molecule has 168 valence electrons. The summed E-state index contributed by atoms with van der Waals surface area (Å²) >= 11 is 0. The molecule has 30 heavy (non-hydrogen) atoms. The number of benzene rings is 1. The molecule has 1 fully saturated rings. The first-order valence-corrected chi connectivity index (χ1v) is 9.97. The van der Waals surface area contributed by atoms with Crippen molar-refractivity contribution < 1.29 is 32.6 Å². The normalized spacial score (nSPS) is 17.9. The van der Waals surface area contributed by atoms with Crippen LogP contribution in [0.5, 0.6) is 0 Å². The van der Waals surface area contributed by atoms with E-state index in [1.165, 1.54) is 19.2 Å². The van der Waals surface area contributed by atoms with Crippen LogP contribution in [0.1, 0.15) is 45.3 Å². The van der Waals surface area contributed by atoms with Gasteiger partial charge in [-0.25, -0.2) is 18.4 Å². The Bertz CT molecular complexity index is 739. The number of ether oxygens (including phenoxy) is 3. The van der Waals surface area contributed by atoms with Crippen LogP contribution in [-0.2, 0) is 14.2 Å². The summed E-state index contributed by atoms with van der Waals surface area (Å²) in [6.07, 6.45) is -0.491. The van der Waals surface area contributed by atoms with E-state index < -0.39 is 35.5 Å². The highest BCUT2D eigenvalue weighted by Gasteiger charge is 2.34. The van der Waals surface area contributed by atoms with Crippen LogP contribution < -0.4 is 5.32 Å². The first kappa shape index (κ1) is 23.9. The molecule has 0 aromatic heterocycles. The molecule has 1 saturated heterocycles. The van der Waals surface area contributed by atoms with E-state index in [4.69, 9.17) is 9.47 Å². The van der Waals surface area contributed by atoms with Gasteiger partial charge in [0.05, 0.1) is 19.8 Å². The van der Waals surface area contributed by atoms with Crippen LogP contribution in [0.15, 0.2) is 18.2 Å². The van der Waals surface area contributed by atoms with Crippen LogP contribution in [0.4, 0.5) is 18.4 Å². The third-order valence-corrected chi connectivity index (χ3v) is 4.68. The summed E-state index contributed by atoms with van der Waals surface area (Å²) in [5, 5.41) is 2.48. The van der Waals surface area contributed by atoms with Gasteiger partial charge in [0.1, 0.15) is 5.60 Å². The summed E-state index contributed by atoms with van der Waals surface area (Å²) in [6, 6.07) is 3.94. The minimum absolute atomic E-state index is 0.0681. The van der Waals surface area contributed by atoms with Crippen molar-refractivity contribution in [3.63, 3.8) is 0 Å². The molecule has 1 heterocycles. The molecule has 1 aliphatic heterocycles. The molecule has 2 rings (SSSR count). The minimum atomic E-state index is -0.974. The summed E-state index contributed by atoms with van der Waals surface area (Å²) in [5.41, 5.74) is -0.544. The predicted molar refractivity (Wildman–Crippen MR) is 106 cm³/mol. The van der Waals surface area contributed by atoms with Gasteiger partial charge in [-0.05, 0) is 39.7 Å². The maximum atomic E-state index is 14.5. The molecule has 0 radical (unpaired) electrons. The number of rotatable bonds is 6. The van der Waals surface area contributed by atoms with E-state index >= 15 is 0 Å². The lowest BCUT2D eigenvalue weighted by molar-refractivity contribution is -0.0260. The van der Waals surface area contributed by atoms with Crippen molar-refractivity contribution in [3.8, 4) is 0 Å². The van der Waals surface area contributed by atoms with Gasteiger partial charge in [-0.15, -0.1) is 0 Å². The number of likely N-dealkylation sites (tertiary alicyclic amines) is 1. The zero-order valence-corrected chi connectivity index (χ0v) is 17.9. The lowest BCUT2D eigenvalue weighted by Crippen LogP contribution is -2.44. The molecule has 2 atom stereocenters. The van der Waals surface area contributed by atoms with E-state index in [0.717, 1.165) is 6.07 Å². The SMILES string of the molecule is COC(=O)NCCOC(c1cccc(F)c1F)C1CCCN(C(=O)OC(C)(C)C)C1. The van der Waals surface area contributed by atoms with Crippen LogP contribution in [0, 0.1) is 17.6 Å². The van der Waals surface area contributed by atoms with Crippen LogP contribution in [-0.4, -0.2) is 56.0 Å². The van der Waals surface area contributed by atoms with E-state index in [9.17, 15) is 18.4 Å². The first-order chi connectivity index (χ1) is 14.1. The lowest BCUT2D eigenvalue weighted by Gasteiger charge is -2.37. The fourth-order valence-electron chi connectivity index (χ4n) is 3.38. The van der Waals surface area contributed by atoms with Gasteiger partial charge in [-0.1, -0.05) is 12.1 Å². The van der Waals surface area contributed by atoms with Crippen molar-refractivity contribution in [1.29, 1.82) is 0 Å². The van der Waals surface area contributed by atoms with E-state index in [1.807, 2.05) is 0 Å². The van der Waals surface area contributed by atoms with Gasteiger partial charge in [0, 0.05) is 31.1 Å². The van der Waals surface area contributed by atoms with Gasteiger partial charge >= 0.3 is 12.2 Å². The smallest absolute Gasteiger partial charge is 0.410 e. The molecule has 0 bridgehead atoms. The highest BCUT2D eigenvalue weighted by molar-refractivity contribution is 5.68. The second kappa shape index (κ2) is 10.6. The monoisotopic (exact) mass is 428 g/mol. The van der Waals surface area contributed by atoms with Gasteiger partial charge in [-0.2, -0.15) is 0 Å². The minimum Gasteiger partial charge on any atom is -0.453 e. The number of methoxy groups -OCH3 is 1. The second-order valence-corrected chi connectivity index (χ2v) is 8.18. The number of halogens is 2. The number of nitrogens with one attached hydrogen (secondary N) is 1.